The first-order valence-corrected chi connectivity index (χ1v) is 11.1. The van der Waals surface area contributed by atoms with Crippen LogP contribution in [0.2, 0.25) is 0 Å². The van der Waals surface area contributed by atoms with Gasteiger partial charge in [-0.05, 0) is 49.6 Å². The van der Waals surface area contributed by atoms with Crippen molar-refractivity contribution in [3.05, 3.63) is 89.9 Å². The Hall–Kier alpha value is -4.46. The van der Waals surface area contributed by atoms with Gasteiger partial charge < -0.3 is 15.5 Å². The van der Waals surface area contributed by atoms with Gasteiger partial charge in [0.25, 0.3) is 5.91 Å². The van der Waals surface area contributed by atoms with E-state index in [1.807, 2.05) is 49.4 Å². The molecular weight excluding hydrogens is 428 g/mol. The molecule has 2 aromatic carbocycles. The second kappa shape index (κ2) is 9.19. The van der Waals surface area contributed by atoms with E-state index in [1.54, 1.807) is 18.4 Å². The topological polar surface area (TPSA) is 111 Å². The molecule has 5 rings (SSSR count). The summed E-state index contributed by atoms with van der Waals surface area (Å²) >= 11 is 0. The number of aromatic nitrogens is 3. The molecule has 0 unspecified atom stereocenters. The summed E-state index contributed by atoms with van der Waals surface area (Å²) in [6.07, 6.45) is 4.73. The number of hydrogen-bond acceptors (Lipinski definition) is 6. The van der Waals surface area contributed by atoms with E-state index in [4.69, 9.17) is 20.1 Å². The summed E-state index contributed by atoms with van der Waals surface area (Å²) in [5, 5.41) is 7.49. The quantitative estimate of drug-likeness (QED) is 0.356. The van der Waals surface area contributed by atoms with Crippen molar-refractivity contribution in [3.63, 3.8) is 0 Å². The lowest BCUT2D eigenvalue weighted by Gasteiger charge is -2.14. The van der Waals surface area contributed by atoms with Gasteiger partial charge in [0.05, 0.1) is 23.5 Å². The summed E-state index contributed by atoms with van der Waals surface area (Å²) < 4.78 is 6.76. The van der Waals surface area contributed by atoms with Crippen molar-refractivity contribution in [2.45, 2.75) is 25.8 Å². The fraction of sp³-hybridized carbons (Fsp3) is 0.154. The average Bonchev–Trinajstić information content (AvgIpc) is 3.46. The fourth-order valence-corrected chi connectivity index (χ4v) is 3.86. The Morgan fingerprint density at radius 1 is 1.09 bits per heavy atom. The first-order chi connectivity index (χ1) is 16.6. The van der Waals surface area contributed by atoms with E-state index >= 15 is 0 Å². The van der Waals surface area contributed by atoms with Crippen molar-refractivity contribution >= 4 is 40.1 Å². The van der Waals surface area contributed by atoms with Crippen molar-refractivity contribution in [1.29, 1.82) is 0 Å². The summed E-state index contributed by atoms with van der Waals surface area (Å²) in [5.41, 5.74) is 10.1. The van der Waals surface area contributed by atoms with Gasteiger partial charge in [0, 0.05) is 6.04 Å². The number of hydrogen-bond donors (Lipinski definition) is 2. The zero-order chi connectivity index (χ0) is 23.5. The van der Waals surface area contributed by atoms with Crippen molar-refractivity contribution < 1.29 is 9.21 Å². The summed E-state index contributed by atoms with van der Waals surface area (Å²) in [4.78, 5) is 22.7. The van der Waals surface area contributed by atoms with Gasteiger partial charge >= 0.3 is 0 Å². The summed E-state index contributed by atoms with van der Waals surface area (Å²) in [7, 11) is 0. The largest absolute Gasteiger partial charge is 0.463 e. The van der Waals surface area contributed by atoms with Gasteiger partial charge in [-0.25, -0.2) is 9.97 Å². The molecule has 34 heavy (non-hydrogen) atoms. The maximum atomic E-state index is 13.3. The fourth-order valence-electron chi connectivity index (χ4n) is 3.86. The SMILES string of the molecule is C[C@@H](CCc1ccccc1)NC(=O)c1c(N)n(/N=C\c2ccco2)c2nc3ccccc3nc12. The number of fused-ring (bicyclic) bond motifs is 2. The van der Waals surface area contributed by atoms with Crippen LogP contribution >= 0.6 is 0 Å². The van der Waals surface area contributed by atoms with E-state index in [0.717, 1.165) is 12.8 Å². The molecule has 170 valence electrons. The molecule has 0 saturated heterocycles. The monoisotopic (exact) mass is 452 g/mol. The van der Waals surface area contributed by atoms with Crippen LogP contribution in [0.4, 0.5) is 5.82 Å². The molecule has 0 aliphatic carbocycles. The molecule has 0 spiro atoms. The van der Waals surface area contributed by atoms with Crippen molar-refractivity contribution in [2.75, 3.05) is 5.73 Å². The Morgan fingerprint density at radius 3 is 2.56 bits per heavy atom. The highest BCUT2D eigenvalue weighted by Crippen LogP contribution is 2.28. The van der Waals surface area contributed by atoms with Crippen LogP contribution in [0.5, 0.6) is 0 Å². The van der Waals surface area contributed by atoms with Gasteiger partial charge in [-0.3, -0.25) is 4.79 Å². The highest BCUT2D eigenvalue weighted by Gasteiger charge is 2.25. The number of anilines is 1. The number of nitrogen functional groups attached to an aromatic ring is 1. The molecule has 0 aliphatic rings. The lowest BCUT2D eigenvalue weighted by atomic mass is 10.1. The molecule has 3 heterocycles. The van der Waals surface area contributed by atoms with Gasteiger partial charge in [-0.2, -0.15) is 9.78 Å². The van der Waals surface area contributed by atoms with Crippen molar-refractivity contribution in [3.8, 4) is 0 Å². The minimum Gasteiger partial charge on any atom is -0.463 e. The van der Waals surface area contributed by atoms with Gasteiger partial charge in [0.15, 0.2) is 5.65 Å². The van der Waals surface area contributed by atoms with Crippen molar-refractivity contribution in [1.82, 2.24) is 20.0 Å². The minimum atomic E-state index is -0.306. The summed E-state index contributed by atoms with van der Waals surface area (Å²) in [5.74, 6) is 0.413. The predicted molar refractivity (Wildman–Crippen MR) is 133 cm³/mol. The number of nitrogens with zero attached hydrogens (tertiary/aromatic N) is 4. The van der Waals surface area contributed by atoms with Crippen LogP contribution in [-0.4, -0.2) is 32.8 Å². The Morgan fingerprint density at radius 2 is 1.82 bits per heavy atom. The molecule has 5 aromatic rings. The number of nitrogens with two attached hydrogens (primary N) is 1. The van der Waals surface area contributed by atoms with Gasteiger partial charge in [-0.1, -0.05) is 42.5 Å². The van der Waals surface area contributed by atoms with E-state index < -0.39 is 0 Å². The van der Waals surface area contributed by atoms with Crippen LogP contribution in [0.15, 0.2) is 82.5 Å². The van der Waals surface area contributed by atoms with Crippen LogP contribution in [0.25, 0.3) is 22.2 Å². The molecule has 1 amide bonds. The zero-order valence-electron chi connectivity index (χ0n) is 18.7. The third-order valence-electron chi connectivity index (χ3n) is 5.63. The highest BCUT2D eigenvalue weighted by molar-refractivity contribution is 6.10. The second-order valence-corrected chi connectivity index (χ2v) is 8.12. The van der Waals surface area contributed by atoms with E-state index in [9.17, 15) is 4.79 Å². The molecular formula is C26H24N6O2. The second-order valence-electron chi connectivity index (χ2n) is 8.12. The Kier molecular flexibility index (Phi) is 5.78. The average molecular weight is 453 g/mol. The molecule has 3 N–H and O–H groups in total. The Balaban J connectivity index is 1.49. The van der Waals surface area contributed by atoms with E-state index in [2.05, 4.69) is 22.6 Å². The number of para-hydroxylation sites is 2. The molecule has 8 nitrogen and oxygen atoms in total. The van der Waals surface area contributed by atoms with E-state index in [0.29, 0.717) is 28.0 Å². The van der Waals surface area contributed by atoms with Crippen molar-refractivity contribution in [2.24, 2.45) is 5.10 Å². The van der Waals surface area contributed by atoms with Gasteiger partial charge in [0.2, 0.25) is 0 Å². The molecule has 0 fully saturated rings. The summed E-state index contributed by atoms with van der Waals surface area (Å²) in [6.45, 7) is 1.98. The molecule has 1 atom stereocenters. The molecule has 8 heteroatoms. The molecule has 3 aromatic heterocycles. The third kappa shape index (κ3) is 4.25. The number of amides is 1. The van der Waals surface area contributed by atoms with Gasteiger partial charge in [-0.15, -0.1) is 0 Å². The first-order valence-electron chi connectivity index (χ1n) is 11.1. The zero-order valence-corrected chi connectivity index (χ0v) is 18.7. The van der Waals surface area contributed by atoms with E-state index in [1.165, 1.54) is 16.5 Å². The number of benzene rings is 2. The van der Waals surface area contributed by atoms with Gasteiger partial charge in [0.1, 0.15) is 22.7 Å². The Bertz CT molecular complexity index is 1470. The van der Waals surface area contributed by atoms with Crippen LogP contribution in [0.3, 0.4) is 0 Å². The molecule has 0 saturated carbocycles. The maximum absolute atomic E-state index is 13.3. The molecule has 0 bridgehead atoms. The first kappa shape index (κ1) is 21.4. The van der Waals surface area contributed by atoms with Crippen LogP contribution in [0.1, 0.15) is 35.0 Å². The van der Waals surface area contributed by atoms with E-state index in [-0.39, 0.29) is 23.3 Å². The standard InChI is InChI=1S/C26H24N6O2/c1-17(13-14-18-8-3-2-4-9-18)29-26(33)22-23-25(31-21-12-6-5-11-20(21)30-23)32(24(22)27)28-16-19-10-7-15-34-19/h2-12,15-17H,13-14,27H2,1H3,(H,29,33)/b28-16-/t17-/m0/s1. The number of nitrogens with one attached hydrogen (secondary N) is 1. The maximum Gasteiger partial charge on any atom is 0.257 e. The predicted octanol–water partition coefficient (Wildman–Crippen LogP) is 4.39. The number of aryl methyl sites for hydroxylation is 1. The number of carbonyl (C=O) groups is 1. The minimum absolute atomic E-state index is 0.0643. The number of rotatable bonds is 7. The highest BCUT2D eigenvalue weighted by atomic mass is 16.3. The normalized spacial score (nSPS) is 12.5. The lowest BCUT2D eigenvalue weighted by molar-refractivity contribution is 0.0940. The van der Waals surface area contributed by atoms with Crippen LogP contribution < -0.4 is 11.1 Å². The Labute approximate surface area is 196 Å². The van der Waals surface area contributed by atoms with Crippen LogP contribution in [0, 0.1) is 0 Å². The lowest BCUT2D eigenvalue weighted by Crippen LogP contribution is -2.33. The molecule has 0 aliphatic heterocycles. The smallest absolute Gasteiger partial charge is 0.257 e. The molecule has 0 radical (unpaired) electrons. The summed E-state index contributed by atoms with van der Waals surface area (Å²) in [6, 6.07) is 21.1. The number of furan rings is 1. The third-order valence-corrected chi connectivity index (χ3v) is 5.63. The van der Waals surface area contributed by atoms with Crippen LogP contribution in [-0.2, 0) is 6.42 Å². The number of carbonyl (C=O) groups excluding carboxylic acids is 1.